The Morgan fingerprint density at radius 3 is 2.52 bits per heavy atom. The van der Waals surface area contributed by atoms with Gasteiger partial charge in [-0.2, -0.15) is 0 Å². The van der Waals surface area contributed by atoms with Gasteiger partial charge in [0.2, 0.25) is 5.91 Å². The van der Waals surface area contributed by atoms with Crippen LogP contribution in [0.15, 0.2) is 24.3 Å². The quantitative estimate of drug-likeness (QED) is 0.748. The van der Waals surface area contributed by atoms with Gasteiger partial charge in [0.05, 0.1) is 11.6 Å². The van der Waals surface area contributed by atoms with Crippen LogP contribution in [-0.4, -0.2) is 47.5 Å². The average molecular weight is 291 g/mol. The third-order valence-electron chi connectivity index (χ3n) is 3.33. The molecular formula is C14H17N3O4. The maximum Gasteiger partial charge on any atom is 0.335 e. The molecule has 0 aromatic heterocycles. The molecule has 1 aromatic carbocycles. The summed E-state index contributed by atoms with van der Waals surface area (Å²) in [6.45, 7) is 0.807. The van der Waals surface area contributed by atoms with Gasteiger partial charge in [0, 0.05) is 26.6 Å². The van der Waals surface area contributed by atoms with Gasteiger partial charge in [-0.1, -0.05) is 12.1 Å². The van der Waals surface area contributed by atoms with Crippen molar-refractivity contribution in [3.05, 3.63) is 35.4 Å². The lowest BCUT2D eigenvalue weighted by Gasteiger charge is -2.13. The van der Waals surface area contributed by atoms with E-state index in [9.17, 15) is 14.4 Å². The van der Waals surface area contributed by atoms with E-state index in [0.717, 1.165) is 5.56 Å². The zero-order chi connectivity index (χ0) is 15.4. The Labute approximate surface area is 121 Å². The largest absolute Gasteiger partial charge is 0.478 e. The van der Waals surface area contributed by atoms with Gasteiger partial charge in [0.25, 0.3) is 0 Å². The number of hydrogen-bond donors (Lipinski definition) is 3. The van der Waals surface area contributed by atoms with Gasteiger partial charge in [0.1, 0.15) is 0 Å². The van der Waals surface area contributed by atoms with Crippen LogP contribution in [-0.2, 0) is 11.3 Å². The third kappa shape index (κ3) is 3.95. The first-order valence-corrected chi connectivity index (χ1v) is 6.56. The highest BCUT2D eigenvalue weighted by Gasteiger charge is 2.27. The lowest BCUT2D eigenvalue weighted by atomic mass is 10.1. The van der Waals surface area contributed by atoms with Gasteiger partial charge in [-0.15, -0.1) is 0 Å². The fraction of sp³-hybridized carbons (Fsp3) is 0.357. The van der Waals surface area contributed by atoms with Crippen molar-refractivity contribution < 1.29 is 19.5 Å². The Balaban J connectivity index is 1.79. The van der Waals surface area contributed by atoms with E-state index in [-0.39, 0.29) is 23.5 Å². The lowest BCUT2D eigenvalue weighted by Crippen LogP contribution is -2.42. The maximum absolute atomic E-state index is 11.7. The minimum atomic E-state index is -0.984. The Bertz CT molecular complexity index is 556. The summed E-state index contributed by atoms with van der Waals surface area (Å²) in [5.74, 6) is -0.966. The van der Waals surface area contributed by atoms with Crippen molar-refractivity contribution in [2.24, 2.45) is 0 Å². The maximum atomic E-state index is 11.7. The molecule has 1 fully saturated rings. The van der Waals surface area contributed by atoms with Gasteiger partial charge in [-0.3, -0.25) is 4.79 Å². The summed E-state index contributed by atoms with van der Waals surface area (Å²) in [7, 11) is 1.70. The highest BCUT2D eigenvalue weighted by atomic mass is 16.4. The number of likely N-dealkylation sites (N-methyl/N-ethyl adjacent to an activating group) is 1. The zero-order valence-electron chi connectivity index (χ0n) is 11.6. The number of hydrogen-bond acceptors (Lipinski definition) is 3. The summed E-state index contributed by atoms with van der Waals surface area (Å²) in [6, 6.07) is 5.76. The standard InChI is InChI=1S/C14H17N3O4/c1-17-8-11(6-12(17)18)16-14(21)15-7-9-2-4-10(5-3-9)13(19)20/h2-5,11H,6-8H2,1H3,(H,19,20)(H2,15,16,21). The van der Waals surface area contributed by atoms with Crippen molar-refractivity contribution in [2.45, 2.75) is 19.0 Å². The molecule has 0 aliphatic carbocycles. The molecule has 1 aliphatic rings. The normalized spacial score (nSPS) is 17.7. The van der Waals surface area contributed by atoms with Crippen LogP contribution in [0.4, 0.5) is 4.79 Å². The molecule has 112 valence electrons. The van der Waals surface area contributed by atoms with Crippen LogP contribution in [0, 0.1) is 0 Å². The molecule has 3 N–H and O–H groups in total. The number of urea groups is 1. The fourth-order valence-corrected chi connectivity index (χ4v) is 2.14. The molecule has 1 heterocycles. The number of carboxylic acids is 1. The van der Waals surface area contributed by atoms with Crippen LogP contribution in [0.3, 0.4) is 0 Å². The summed E-state index contributed by atoms with van der Waals surface area (Å²) in [5, 5.41) is 14.2. The summed E-state index contributed by atoms with van der Waals surface area (Å²) in [4.78, 5) is 35.3. The molecule has 7 heteroatoms. The van der Waals surface area contributed by atoms with Crippen LogP contribution in [0.2, 0.25) is 0 Å². The number of carboxylic acid groups (broad SMARTS) is 1. The molecule has 1 saturated heterocycles. The molecule has 1 atom stereocenters. The summed E-state index contributed by atoms with van der Waals surface area (Å²) >= 11 is 0. The predicted octanol–water partition coefficient (Wildman–Crippen LogP) is 0.415. The van der Waals surface area contributed by atoms with E-state index in [1.807, 2.05) is 0 Å². The van der Waals surface area contributed by atoms with Gasteiger partial charge in [-0.25, -0.2) is 9.59 Å². The van der Waals surface area contributed by atoms with Crippen LogP contribution in [0.1, 0.15) is 22.3 Å². The van der Waals surface area contributed by atoms with Crippen molar-refractivity contribution in [1.82, 2.24) is 15.5 Å². The van der Waals surface area contributed by atoms with Gasteiger partial charge < -0.3 is 20.6 Å². The number of carbonyl (C=O) groups is 3. The van der Waals surface area contributed by atoms with Crippen molar-refractivity contribution in [2.75, 3.05) is 13.6 Å². The van der Waals surface area contributed by atoms with E-state index < -0.39 is 5.97 Å². The molecule has 21 heavy (non-hydrogen) atoms. The third-order valence-corrected chi connectivity index (χ3v) is 3.33. The summed E-state index contributed by atoms with van der Waals surface area (Å²) < 4.78 is 0. The van der Waals surface area contributed by atoms with Crippen molar-refractivity contribution in [1.29, 1.82) is 0 Å². The summed E-state index contributed by atoms with van der Waals surface area (Å²) in [6.07, 6.45) is 0.317. The first-order valence-electron chi connectivity index (χ1n) is 6.56. The first-order chi connectivity index (χ1) is 9.95. The van der Waals surface area contributed by atoms with E-state index in [1.54, 1.807) is 24.1 Å². The van der Waals surface area contributed by atoms with Crippen molar-refractivity contribution in [3.8, 4) is 0 Å². The van der Waals surface area contributed by atoms with E-state index in [0.29, 0.717) is 19.5 Å². The molecule has 2 rings (SSSR count). The SMILES string of the molecule is CN1CC(NC(=O)NCc2ccc(C(=O)O)cc2)CC1=O. The molecular weight excluding hydrogens is 274 g/mol. The minimum Gasteiger partial charge on any atom is -0.478 e. The molecule has 1 aliphatic heterocycles. The van der Waals surface area contributed by atoms with Gasteiger partial charge >= 0.3 is 12.0 Å². The smallest absolute Gasteiger partial charge is 0.335 e. The number of rotatable bonds is 4. The average Bonchev–Trinajstić information content (AvgIpc) is 2.75. The minimum absolute atomic E-state index is 0.0181. The predicted molar refractivity (Wildman–Crippen MR) is 74.8 cm³/mol. The van der Waals surface area contributed by atoms with Gasteiger partial charge in [0.15, 0.2) is 0 Å². The molecule has 7 nitrogen and oxygen atoms in total. The molecule has 1 aromatic rings. The van der Waals surface area contributed by atoms with E-state index in [2.05, 4.69) is 10.6 Å². The monoisotopic (exact) mass is 291 g/mol. The number of likely N-dealkylation sites (tertiary alicyclic amines) is 1. The first kappa shape index (κ1) is 14.8. The van der Waals surface area contributed by atoms with Crippen molar-refractivity contribution in [3.63, 3.8) is 0 Å². The van der Waals surface area contributed by atoms with Gasteiger partial charge in [-0.05, 0) is 17.7 Å². The fourth-order valence-electron chi connectivity index (χ4n) is 2.14. The number of aromatic carboxylic acids is 1. The van der Waals surface area contributed by atoms with Crippen LogP contribution in [0.5, 0.6) is 0 Å². The lowest BCUT2D eigenvalue weighted by molar-refractivity contribution is -0.126. The highest BCUT2D eigenvalue weighted by molar-refractivity contribution is 5.87. The Kier molecular flexibility index (Phi) is 4.42. The summed E-state index contributed by atoms with van der Waals surface area (Å²) in [5.41, 5.74) is 1.01. The molecule has 0 bridgehead atoms. The molecule has 3 amide bonds. The molecule has 0 saturated carbocycles. The topological polar surface area (TPSA) is 98.7 Å². The molecule has 1 unspecified atom stereocenters. The Morgan fingerprint density at radius 2 is 2.00 bits per heavy atom. The second-order valence-corrected chi connectivity index (χ2v) is 5.00. The molecule has 0 radical (unpaired) electrons. The van der Waals surface area contributed by atoms with E-state index in [4.69, 9.17) is 5.11 Å². The van der Waals surface area contributed by atoms with Crippen LogP contribution >= 0.6 is 0 Å². The second kappa shape index (κ2) is 6.25. The van der Waals surface area contributed by atoms with Crippen molar-refractivity contribution >= 4 is 17.9 Å². The zero-order valence-corrected chi connectivity index (χ0v) is 11.6. The number of nitrogens with zero attached hydrogens (tertiary/aromatic N) is 1. The number of benzene rings is 1. The number of amides is 3. The van der Waals surface area contributed by atoms with Crippen LogP contribution in [0.25, 0.3) is 0 Å². The highest BCUT2D eigenvalue weighted by Crippen LogP contribution is 2.08. The van der Waals surface area contributed by atoms with E-state index in [1.165, 1.54) is 12.1 Å². The number of nitrogens with one attached hydrogen (secondary N) is 2. The Morgan fingerprint density at radius 1 is 1.33 bits per heavy atom. The second-order valence-electron chi connectivity index (χ2n) is 5.00. The molecule has 0 spiro atoms. The van der Waals surface area contributed by atoms with E-state index >= 15 is 0 Å². The van der Waals surface area contributed by atoms with Crippen LogP contribution < -0.4 is 10.6 Å². The number of carbonyl (C=O) groups excluding carboxylic acids is 2. The Hall–Kier alpha value is -2.57.